The lowest BCUT2D eigenvalue weighted by atomic mass is 10.1. The van der Waals surface area contributed by atoms with Gasteiger partial charge in [-0.15, -0.1) is 0 Å². The third-order valence-corrected chi connectivity index (χ3v) is 2.18. The molecule has 1 aromatic carbocycles. The lowest BCUT2D eigenvalue weighted by Gasteiger charge is -2.07. The molecule has 2 N–H and O–H groups in total. The predicted molar refractivity (Wildman–Crippen MR) is 57.4 cm³/mol. The number of nitrogens with two attached hydrogens (primary N) is 1. The monoisotopic (exact) mass is 188 g/mol. The second-order valence-electron chi connectivity index (χ2n) is 3.21. The molecule has 0 atom stereocenters. The molecule has 1 aromatic heterocycles. The van der Waals surface area contributed by atoms with Crippen LogP contribution in [0.3, 0.4) is 0 Å². The van der Waals surface area contributed by atoms with Crippen LogP contribution in [-0.4, -0.2) is 12.1 Å². The number of aromatic nitrogens is 1. The number of para-hydroxylation sites is 1. The topological polar surface area (TPSA) is 48.1 Å². The molecule has 0 fully saturated rings. The molecule has 2 aromatic rings. The molecule has 0 amide bonds. The third-order valence-electron chi connectivity index (χ3n) is 2.18. The lowest BCUT2D eigenvalue weighted by molar-refractivity contribution is 0.419. The summed E-state index contributed by atoms with van der Waals surface area (Å²) in [5.74, 6) is 0.819. The number of nitrogen functional groups attached to an aromatic ring is 1. The van der Waals surface area contributed by atoms with Gasteiger partial charge in [-0.25, -0.2) is 0 Å². The Kier molecular flexibility index (Phi) is 2.00. The number of fused-ring (bicyclic) bond motifs is 1. The highest BCUT2D eigenvalue weighted by atomic mass is 16.5. The van der Waals surface area contributed by atoms with E-state index in [-0.39, 0.29) is 0 Å². The van der Waals surface area contributed by atoms with Crippen LogP contribution in [0.4, 0.5) is 5.69 Å². The van der Waals surface area contributed by atoms with Crippen molar-refractivity contribution in [2.45, 2.75) is 6.92 Å². The quantitative estimate of drug-likeness (QED) is 0.697. The molecule has 0 saturated carbocycles. The number of ether oxygens (including phenoxy) is 1. The van der Waals surface area contributed by atoms with Crippen LogP contribution >= 0.6 is 0 Å². The predicted octanol–water partition coefficient (Wildman–Crippen LogP) is 2.13. The number of hydrogen-bond acceptors (Lipinski definition) is 3. The Morgan fingerprint density at radius 2 is 2.14 bits per heavy atom. The van der Waals surface area contributed by atoms with Crippen molar-refractivity contribution in [1.82, 2.24) is 4.98 Å². The van der Waals surface area contributed by atoms with E-state index in [9.17, 15) is 0 Å². The smallest absolute Gasteiger partial charge is 0.130 e. The fourth-order valence-corrected chi connectivity index (χ4v) is 1.53. The van der Waals surface area contributed by atoms with Gasteiger partial charge in [0.1, 0.15) is 5.75 Å². The van der Waals surface area contributed by atoms with Crippen LogP contribution in [0, 0.1) is 6.92 Å². The number of hydrogen-bond donors (Lipinski definition) is 1. The number of methoxy groups -OCH3 is 1. The van der Waals surface area contributed by atoms with E-state index >= 15 is 0 Å². The summed E-state index contributed by atoms with van der Waals surface area (Å²) in [6.45, 7) is 1.92. The van der Waals surface area contributed by atoms with Crippen molar-refractivity contribution in [3.8, 4) is 5.75 Å². The van der Waals surface area contributed by atoms with E-state index < -0.39 is 0 Å². The van der Waals surface area contributed by atoms with Gasteiger partial charge in [0.2, 0.25) is 0 Å². The summed E-state index contributed by atoms with van der Waals surface area (Å²) in [5.41, 5.74) is 8.23. The lowest BCUT2D eigenvalue weighted by Crippen LogP contribution is -1.94. The van der Waals surface area contributed by atoms with Gasteiger partial charge >= 0.3 is 0 Å². The number of anilines is 1. The summed E-state index contributed by atoms with van der Waals surface area (Å²) in [7, 11) is 1.65. The van der Waals surface area contributed by atoms with Crippen LogP contribution in [0.1, 0.15) is 5.69 Å². The van der Waals surface area contributed by atoms with Crippen molar-refractivity contribution in [1.29, 1.82) is 0 Å². The Bertz CT molecular complexity index is 480. The molecule has 0 spiro atoms. The van der Waals surface area contributed by atoms with Gasteiger partial charge in [-0.05, 0) is 19.1 Å². The molecule has 0 aliphatic rings. The zero-order valence-electron chi connectivity index (χ0n) is 8.24. The van der Waals surface area contributed by atoms with E-state index in [1.165, 1.54) is 0 Å². The largest absolute Gasteiger partial charge is 0.496 e. The highest BCUT2D eigenvalue weighted by Crippen LogP contribution is 2.28. The molecule has 0 saturated heterocycles. The number of nitrogens with zero attached hydrogens (tertiary/aromatic N) is 1. The number of pyridine rings is 1. The molecule has 0 bridgehead atoms. The van der Waals surface area contributed by atoms with E-state index in [1.807, 2.05) is 31.2 Å². The van der Waals surface area contributed by atoms with Crippen LogP contribution in [0.5, 0.6) is 5.75 Å². The minimum absolute atomic E-state index is 0.685. The van der Waals surface area contributed by atoms with Gasteiger partial charge in [0, 0.05) is 17.1 Å². The van der Waals surface area contributed by atoms with Crippen LogP contribution < -0.4 is 10.5 Å². The van der Waals surface area contributed by atoms with E-state index in [0.29, 0.717) is 5.69 Å². The normalized spacial score (nSPS) is 10.4. The highest BCUT2D eigenvalue weighted by Gasteiger charge is 2.05. The van der Waals surface area contributed by atoms with Crippen molar-refractivity contribution in [3.63, 3.8) is 0 Å². The first kappa shape index (κ1) is 8.81. The number of aryl methyl sites for hydroxylation is 1. The van der Waals surface area contributed by atoms with Crippen molar-refractivity contribution >= 4 is 16.6 Å². The van der Waals surface area contributed by atoms with Gasteiger partial charge < -0.3 is 10.5 Å². The molecule has 0 unspecified atom stereocenters. The summed E-state index contributed by atoms with van der Waals surface area (Å²) >= 11 is 0. The minimum Gasteiger partial charge on any atom is -0.496 e. The van der Waals surface area contributed by atoms with Crippen LogP contribution in [0.15, 0.2) is 24.3 Å². The van der Waals surface area contributed by atoms with E-state index in [1.54, 1.807) is 7.11 Å². The molecular weight excluding hydrogens is 176 g/mol. The first-order valence-electron chi connectivity index (χ1n) is 4.42. The molecule has 0 aliphatic carbocycles. The second kappa shape index (κ2) is 3.18. The van der Waals surface area contributed by atoms with E-state index in [0.717, 1.165) is 22.3 Å². The summed E-state index contributed by atoms with van der Waals surface area (Å²) in [5, 5.41) is 0.957. The van der Waals surface area contributed by atoms with Crippen molar-refractivity contribution in [2.24, 2.45) is 0 Å². The van der Waals surface area contributed by atoms with Crippen LogP contribution in [0.2, 0.25) is 0 Å². The van der Waals surface area contributed by atoms with Gasteiger partial charge in [-0.2, -0.15) is 0 Å². The third kappa shape index (κ3) is 1.27. The Morgan fingerprint density at radius 3 is 2.86 bits per heavy atom. The highest BCUT2D eigenvalue weighted by molar-refractivity contribution is 5.93. The van der Waals surface area contributed by atoms with E-state index in [4.69, 9.17) is 10.5 Å². The summed E-state index contributed by atoms with van der Waals surface area (Å²) < 4.78 is 5.27. The zero-order chi connectivity index (χ0) is 10.1. The Hall–Kier alpha value is -1.77. The zero-order valence-corrected chi connectivity index (χ0v) is 8.24. The van der Waals surface area contributed by atoms with Gasteiger partial charge in [-0.1, -0.05) is 6.07 Å². The fourth-order valence-electron chi connectivity index (χ4n) is 1.53. The SMILES string of the molecule is COc1cc(C)nc2c(N)cccc12. The maximum atomic E-state index is 5.83. The van der Waals surface area contributed by atoms with Gasteiger partial charge in [0.15, 0.2) is 0 Å². The van der Waals surface area contributed by atoms with Gasteiger partial charge in [-0.3, -0.25) is 4.98 Å². The molecule has 2 rings (SSSR count). The Balaban J connectivity index is 2.87. The van der Waals surface area contributed by atoms with Crippen molar-refractivity contribution in [2.75, 3.05) is 12.8 Å². The summed E-state index contributed by atoms with van der Waals surface area (Å²) in [4.78, 5) is 4.38. The molecule has 0 radical (unpaired) electrons. The second-order valence-corrected chi connectivity index (χ2v) is 3.21. The van der Waals surface area contributed by atoms with Gasteiger partial charge in [0.25, 0.3) is 0 Å². The molecule has 3 heteroatoms. The molecule has 3 nitrogen and oxygen atoms in total. The first-order chi connectivity index (χ1) is 6.72. The first-order valence-corrected chi connectivity index (χ1v) is 4.42. The average Bonchev–Trinajstić information content (AvgIpc) is 2.18. The number of benzene rings is 1. The molecule has 14 heavy (non-hydrogen) atoms. The summed E-state index contributed by atoms with van der Waals surface area (Å²) in [6, 6.07) is 7.60. The minimum atomic E-state index is 0.685. The average molecular weight is 188 g/mol. The maximum absolute atomic E-state index is 5.83. The standard InChI is InChI=1S/C11H12N2O/c1-7-6-10(14-2)8-4-3-5-9(12)11(8)13-7/h3-6H,12H2,1-2H3. The van der Waals surface area contributed by atoms with Crippen LogP contribution in [0.25, 0.3) is 10.9 Å². The summed E-state index contributed by atoms with van der Waals surface area (Å²) in [6.07, 6.45) is 0. The Labute approximate surface area is 82.5 Å². The number of rotatable bonds is 1. The van der Waals surface area contributed by atoms with Crippen LogP contribution in [-0.2, 0) is 0 Å². The maximum Gasteiger partial charge on any atom is 0.130 e. The molecule has 72 valence electrons. The molecule has 0 aliphatic heterocycles. The van der Waals surface area contributed by atoms with Gasteiger partial charge in [0.05, 0.1) is 18.3 Å². The van der Waals surface area contributed by atoms with Crippen molar-refractivity contribution < 1.29 is 4.74 Å². The van der Waals surface area contributed by atoms with E-state index in [2.05, 4.69) is 4.98 Å². The Morgan fingerprint density at radius 1 is 1.36 bits per heavy atom. The molecule has 1 heterocycles. The fraction of sp³-hybridized carbons (Fsp3) is 0.182. The molecular formula is C11H12N2O. The van der Waals surface area contributed by atoms with Crippen molar-refractivity contribution in [3.05, 3.63) is 30.0 Å².